The van der Waals surface area contributed by atoms with Gasteiger partial charge in [0, 0.05) is 0 Å². The van der Waals surface area contributed by atoms with Crippen LogP contribution in [0.15, 0.2) is 12.1 Å². The summed E-state index contributed by atoms with van der Waals surface area (Å²) in [6.07, 6.45) is 3.39. The second-order valence-electron chi connectivity index (χ2n) is 4.11. The maximum atomic E-state index is 13.6. The Bertz CT molecular complexity index is 328. The highest BCUT2D eigenvalue weighted by atomic mass is 19.1. The van der Waals surface area contributed by atoms with Gasteiger partial charge < -0.3 is 0 Å². The van der Waals surface area contributed by atoms with Gasteiger partial charge in [-0.15, -0.1) is 0 Å². The molecule has 1 aromatic rings. The van der Waals surface area contributed by atoms with Gasteiger partial charge in [0.15, 0.2) is 0 Å². The van der Waals surface area contributed by atoms with Crippen molar-refractivity contribution in [1.29, 1.82) is 0 Å². The number of aryl methyl sites for hydroxylation is 2. The highest BCUT2D eigenvalue weighted by Gasteiger charge is 2.20. The molecule has 0 fully saturated rings. The first kappa shape index (κ1) is 8.74. The molecule has 1 aromatic carbocycles. The third-order valence-electron chi connectivity index (χ3n) is 2.94. The first-order valence-corrected chi connectivity index (χ1v) is 4.97. The molecule has 70 valence electrons. The topological polar surface area (TPSA) is 0 Å². The van der Waals surface area contributed by atoms with Crippen LogP contribution in [0.2, 0.25) is 0 Å². The van der Waals surface area contributed by atoms with Gasteiger partial charge in [-0.2, -0.15) is 0 Å². The van der Waals surface area contributed by atoms with Crippen LogP contribution in [0, 0.1) is 12.7 Å². The lowest BCUT2D eigenvalue weighted by Gasteiger charge is -2.23. The van der Waals surface area contributed by atoms with E-state index in [-0.39, 0.29) is 5.82 Å². The van der Waals surface area contributed by atoms with Gasteiger partial charge >= 0.3 is 0 Å². The second kappa shape index (κ2) is 3.13. The summed E-state index contributed by atoms with van der Waals surface area (Å²) in [5.74, 6) is 0.409. The molecule has 0 unspecified atom stereocenters. The molecule has 2 rings (SSSR count). The quantitative estimate of drug-likeness (QED) is 0.569. The monoisotopic (exact) mass is 178 g/mol. The van der Waals surface area contributed by atoms with Gasteiger partial charge in [0.25, 0.3) is 0 Å². The molecular weight excluding hydrogens is 163 g/mol. The van der Waals surface area contributed by atoms with E-state index in [4.69, 9.17) is 0 Å². The molecule has 0 N–H and O–H groups in total. The van der Waals surface area contributed by atoms with E-state index in [2.05, 4.69) is 13.0 Å². The molecule has 0 saturated carbocycles. The molecule has 1 atom stereocenters. The van der Waals surface area contributed by atoms with Gasteiger partial charge in [-0.25, -0.2) is 4.39 Å². The van der Waals surface area contributed by atoms with Crippen molar-refractivity contribution in [2.24, 2.45) is 0 Å². The number of rotatable bonds is 0. The Labute approximate surface area is 78.8 Å². The van der Waals surface area contributed by atoms with E-state index in [1.165, 1.54) is 12.0 Å². The molecule has 1 heteroatoms. The Morgan fingerprint density at radius 3 is 2.92 bits per heavy atom. The molecule has 0 bridgehead atoms. The average Bonchev–Trinajstić information content (AvgIpc) is 2.02. The maximum absolute atomic E-state index is 13.6. The fourth-order valence-electron chi connectivity index (χ4n) is 2.33. The maximum Gasteiger partial charge on any atom is 0.127 e. The lowest BCUT2D eigenvalue weighted by atomic mass is 9.83. The van der Waals surface area contributed by atoms with Crippen molar-refractivity contribution in [3.63, 3.8) is 0 Å². The summed E-state index contributed by atoms with van der Waals surface area (Å²) in [6, 6.07) is 3.79. The third kappa shape index (κ3) is 1.48. The largest absolute Gasteiger partial charge is 0.207 e. The van der Waals surface area contributed by atoms with E-state index in [0.29, 0.717) is 5.92 Å². The fraction of sp³-hybridized carbons (Fsp3) is 0.500. The van der Waals surface area contributed by atoms with Crippen LogP contribution in [0.5, 0.6) is 0 Å². The normalized spacial score (nSPS) is 21.3. The number of hydrogen-bond acceptors (Lipinski definition) is 0. The Hall–Kier alpha value is -0.850. The minimum Gasteiger partial charge on any atom is -0.207 e. The van der Waals surface area contributed by atoms with Crippen molar-refractivity contribution in [3.05, 3.63) is 34.6 Å². The van der Waals surface area contributed by atoms with Crippen molar-refractivity contribution in [3.8, 4) is 0 Å². The first-order chi connectivity index (χ1) is 6.18. The number of fused-ring (bicyclic) bond motifs is 1. The zero-order valence-corrected chi connectivity index (χ0v) is 8.23. The van der Waals surface area contributed by atoms with Crippen molar-refractivity contribution < 1.29 is 4.39 Å². The van der Waals surface area contributed by atoms with Gasteiger partial charge in [-0.1, -0.05) is 13.0 Å². The van der Waals surface area contributed by atoms with Gasteiger partial charge in [0.1, 0.15) is 5.82 Å². The molecule has 13 heavy (non-hydrogen) atoms. The van der Waals surface area contributed by atoms with Crippen molar-refractivity contribution in [2.45, 2.75) is 39.0 Å². The van der Waals surface area contributed by atoms with Crippen LogP contribution in [-0.2, 0) is 6.42 Å². The molecule has 1 aliphatic carbocycles. The summed E-state index contributed by atoms with van der Waals surface area (Å²) >= 11 is 0. The van der Waals surface area contributed by atoms with E-state index in [1.54, 1.807) is 6.07 Å². The SMILES string of the molecule is Cc1cc(F)c2c(c1)CCC[C@H]2C. The van der Waals surface area contributed by atoms with Crippen LogP contribution in [0.25, 0.3) is 0 Å². The summed E-state index contributed by atoms with van der Waals surface area (Å²) in [7, 11) is 0. The molecule has 0 heterocycles. The molecule has 0 nitrogen and oxygen atoms in total. The summed E-state index contributed by atoms with van der Waals surface area (Å²) in [6.45, 7) is 4.08. The molecule has 0 spiro atoms. The molecule has 0 radical (unpaired) electrons. The van der Waals surface area contributed by atoms with E-state index in [1.807, 2.05) is 6.92 Å². The first-order valence-electron chi connectivity index (χ1n) is 4.97. The zero-order valence-electron chi connectivity index (χ0n) is 8.23. The van der Waals surface area contributed by atoms with E-state index in [9.17, 15) is 4.39 Å². The predicted octanol–water partition coefficient (Wildman–Crippen LogP) is 3.57. The number of halogens is 1. The fourth-order valence-corrected chi connectivity index (χ4v) is 2.33. The number of benzene rings is 1. The molecule has 0 aliphatic heterocycles. The smallest absolute Gasteiger partial charge is 0.127 e. The highest BCUT2D eigenvalue weighted by Crippen LogP contribution is 2.33. The molecule has 0 aromatic heterocycles. The molecule has 1 aliphatic rings. The Balaban J connectivity index is 2.56. The van der Waals surface area contributed by atoms with Crippen molar-refractivity contribution >= 4 is 0 Å². The number of hydrogen-bond donors (Lipinski definition) is 0. The van der Waals surface area contributed by atoms with Crippen LogP contribution in [-0.4, -0.2) is 0 Å². The van der Waals surface area contributed by atoms with Crippen LogP contribution < -0.4 is 0 Å². The van der Waals surface area contributed by atoms with Crippen LogP contribution in [0.3, 0.4) is 0 Å². The predicted molar refractivity (Wildman–Crippen MR) is 52.5 cm³/mol. The minimum atomic E-state index is 0.00204. The Morgan fingerprint density at radius 1 is 1.38 bits per heavy atom. The minimum absolute atomic E-state index is 0.00204. The lowest BCUT2D eigenvalue weighted by Crippen LogP contribution is -2.09. The molecular formula is C12H15F. The average molecular weight is 178 g/mol. The Morgan fingerprint density at radius 2 is 2.15 bits per heavy atom. The summed E-state index contributed by atoms with van der Waals surface area (Å²) in [5.41, 5.74) is 3.25. The lowest BCUT2D eigenvalue weighted by molar-refractivity contribution is 0.530. The van der Waals surface area contributed by atoms with Gasteiger partial charge in [0.2, 0.25) is 0 Å². The van der Waals surface area contributed by atoms with Gasteiger partial charge in [-0.05, 0) is 54.9 Å². The van der Waals surface area contributed by atoms with Gasteiger partial charge in [-0.3, -0.25) is 0 Å². The summed E-state index contributed by atoms with van der Waals surface area (Å²) in [4.78, 5) is 0. The van der Waals surface area contributed by atoms with Crippen LogP contribution in [0.1, 0.15) is 42.4 Å². The van der Waals surface area contributed by atoms with Crippen molar-refractivity contribution in [2.75, 3.05) is 0 Å². The van der Waals surface area contributed by atoms with Crippen molar-refractivity contribution in [1.82, 2.24) is 0 Å². The molecule has 0 amide bonds. The second-order valence-corrected chi connectivity index (χ2v) is 4.11. The van der Waals surface area contributed by atoms with Crippen LogP contribution >= 0.6 is 0 Å². The van der Waals surface area contributed by atoms with E-state index >= 15 is 0 Å². The summed E-state index contributed by atoms with van der Waals surface area (Å²) < 4.78 is 13.6. The van der Waals surface area contributed by atoms with E-state index in [0.717, 1.165) is 24.0 Å². The highest BCUT2D eigenvalue weighted by molar-refractivity contribution is 5.36. The standard InChI is InChI=1S/C12H15F/c1-8-6-10-5-3-4-9(2)12(10)11(13)7-8/h6-7,9H,3-5H2,1-2H3/t9-/m1/s1. The van der Waals surface area contributed by atoms with Gasteiger partial charge in [0.05, 0.1) is 0 Å². The molecule has 0 saturated heterocycles. The van der Waals surface area contributed by atoms with Crippen LogP contribution in [0.4, 0.5) is 4.39 Å². The third-order valence-corrected chi connectivity index (χ3v) is 2.94. The van der Waals surface area contributed by atoms with E-state index < -0.39 is 0 Å². The zero-order chi connectivity index (χ0) is 9.42. The summed E-state index contributed by atoms with van der Waals surface area (Å²) in [5, 5.41) is 0. The Kier molecular flexibility index (Phi) is 2.10.